The Morgan fingerprint density at radius 2 is 1.74 bits per heavy atom. The first kappa shape index (κ1) is 25.9. The summed E-state index contributed by atoms with van der Waals surface area (Å²) in [7, 11) is -3.57. The van der Waals surface area contributed by atoms with Crippen LogP contribution < -0.4 is 14.8 Å². The third kappa shape index (κ3) is 6.90. The molecule has 34 heavy (non-hydrogen) atoms. The molecule has 10 heteroatoms. The minimum atomic E-state index is -3.57. The molecule has 184 valence electrons. The van der Waals surface area contributed by atoms with Crippen LogP contribution in [0.2, 0.25) is 0 Å². The highest BCUT2D eigenvalue weighted by molar-refractivity contribution is 7.53. The molecule has 0 aliphatic carbocycles. The molecule has 2 N–H and O–H groups in total. The smallest absolute Gasteiger partial charge is 0.331 e. The lowest BCUT2D eigenvalue weighted by Crippen LogP contribution is -2.38. The highest BCUT2D eigenvalue weighted by atomic mass is 31.2. The number of nitrogens with one attached hydrogen (secondary N) is 1. The number of hydrogen-bond donors (Lipinski definition) is 2. The van der Waals surface area contributed by atoms with E-state index in [0.29, 0.717) is 17.1 Å². The predicted molar refractivity (Wildman–Crippen MR) is 125 cm³/mol. The first-order valence-corrected chi connectivity index (χ1v) is 12.9. The molecule has 2 aromatic rings. The van der Waals surface area contributed by atoms with Crippen LogP contribution in [0.3, 0.4) is 0 Å². The molecule has 2 atom stereocenters. The number of Topliss-reactive ketones (excluding diaryl/α,β-unsaturated/α-hetero) is 1. The minimum Gasteiger partial charge on any atom is -0.480 e. The van der Waals surface area contributed by atoms with Crippen LogP contribution in [0.25, 0.3) is 0 Å². The summed E-state index contributed by atoms with van der Waals surface area (Å²) in [6, 6.07) is 13.3. The van der Waals surface area contributed by atoms with E-state index in [-0.39, 0.29) is 38.4 Å². The van der Waals surface area contributed by atoms with Crippen molar-refractivity contribution in [3.05, 3.63) is 59.7 Å². The van der Waals surface area contributed by atoms with Crippen molar-refractivity contribution >= 4 is 19.3 Å². The molecule has 0 bridgehead atoms. The van der Waals surface area contributed by atoms with Gasteiger partial charge in [-0.3, -0.25) is 19.5 Å². The zero-order valence-corrected chi connectivity index (χ0v) is 20.2. The summed E-state index contributed by atoms with van der Waals surface area (Å²) in [4.78, 5) is 25.1. The number of carbonyl (C=O) groups is 2. The molecule has 0 saturated carbocycles. The van der Waals surface area contributed by atoms with Gasteiger partial charge in [-0.1, -0.05) is 36.4 Å². The Bertz CT molecular complexity index is 1020. The van der Waals surface area contributed by atoms with Crippen LogP contribution in [-0.2, 0) is 29.6 Å². The molecule has 0 spiro atoms. The van der Waals surface area contributed by atoms with Crippen molar-refractivity contribution < 1.29 is 37.8 Å². The summed E-state index contributed by atoms with van der Waals surface area (Å²) >= 11 is 0. The molecule has 0 amide bonds. The van der Waals surface area contributed by atoms with E-state index in [1.165, 1.54) is 0 Å². The molecule has 2 aromatic carbocycles. The maximum absolute atomic E-state index is 13.8. The van der Waals surface area contributed by atoms with Crippen molar-refractivity contribution in [1.29, 1.82) is 0 Å². The molecule has 3 rings (SSSR count). The Morgan fingerprint density at radius 3 is 2.38 bits per heavy atom. The zero-order chi connectivity index (χ0) is 24.6. The van der Waals surface area contributed by atoms with Gasteiger partial charge in [0.25, 0.3) is 0 Å². The van der Waals surface area contributed by atoms with Crippen LogP contribution in [0.5, 0.6) is 11.5 Å². The second kappa shape index (κ2) is 12.1. The summed E-state index contributed by atoms with van der Waals surface area (Å²) in [5.74, 6) is -0.979. The van der Waals surface area contributed by atoms with Gasteiger partial charge < -0.3 is 23.6 Å². The van der Waals surface area contributed by atoms with E-state index in [1.54, 1.807) is 50.2 Å². The van der Waals surface area contributed by atoms with Crippen LogP contribution >= 0.6 is 7.60 Å². The monoisotopic (exact) mass is 491 g/mol. The quantitative estimate of drug-likeness (QED) is 0.380. The number of benzene rings is 2. The second-order valence-corrected chi connectivity index (χ2v) is 9.84. The van der Waals surface area contributed by atoms with Crippen LogP contribution in [0.4, 0.5) is 0 Å². The Morgan fingerprint density at radius 1 is 1.06 bits per heavy atom. The Kier molecular flexibility index (Phi) is 9.24. The first-order valence-electron chi connectivity index (χ1n) is 11.2. The molecular formula is C24H30NO8P. The lowest BCUT2D eigenvalue weighted by atomic mass is 9.89. The van der Waals surface area contributed by atoms with Gasteiger partial charge >= 0.3 is 13.6 Å². The van der Waals surface area contributed by atoms with E-state index in [2.05, 4.69) is 5.32 Å². The summed E-state index contributed by atoms with van der Waals surface area (Å²) in [5, 5.41) is 12.0. The molecule has 1 aliphatic rings. The van der Waals surface area contributed by atoms with E-state index >= 15 is 0 Å². The fourth-order valence-corrected chi connectivity index (χ4v) is 5.79. The molecule has 1 aliphatic heterocycles. The van der Waals surface area contributed by atoms with Gasteiger partial charge in [-0.2, -0.15) is 0 Å². The minimum absolute atomic E-state index is 0.125. The summed E-state index contributed by atoms with van der Waals surface area (Å²) in [6.45, 7) is 3.48. The van der Waals surface area contributed by atoms with Crippen molar-refractivity contribution in [3.63, 3.8) is 0 Å². The number of hydrogen-bond acceptors (Lipinski definition) is 8. The topological polar surface area (TPSA) is 120 Å². The first-order chi connectivity index (χ1) is 16.3. The van der Waals surface area contributed by atoms with Gasteiger partial charge in [-0.15, -0.1) is 0 Å². The van der Waals surface area contributed by atoms with Crippen molar-refractivity contribution in [2.45, 2.75) is 26.3 Å². The molecule has 0 saturated heterocycles. The Hall–Kier alpha value is -2.71. The standard InChI is InChI=1S/C24H30NO8P/c1-3-32-34(29,33-4-2)15-19(12-17-10-11-20-21(13-17)31-16-30-20)24(28)23(25-14-22(26)27)18-8-6-5-7-9-18/h5-11,13,19,23,25H,3-4,12,14-16H2,1-2H3,(H,26,27). The van der Waals surface area contributed by atoms with E-state index in [4.69, 9.17) is 18.5 Å². The SMILES string of the molecule is CCOP(=O)(CC(Cc1ccc2c(c1)OCO2)C(=O)C(NCC(=O)O)c1ccccc1)OCC. The fraction of sp³-hybridized carbons (Fsp3) is 0.417. The number of fused-ring (bicyclic) bond motifs is 1. The van der Waals surface area contributed by atoms with E-state index in [1.807, 2.05) is 12.1 Å². The summed E-state index contributed by atoms with van der Waals surface area (Å²) in [6.07, 6.45) is 0.0950. The highest BCUT2D eigenvalue weighted by Crippen LogP contribution is 2.50. The average Bonchev–Trinajstić information content (AvgIpc) is 3.27. The highest BCUT2D eigenvalue weighted by Gasteiger charge is 2.36. The van der Waals surface area contributed by atoms with Crippen LogP contribution in [0, 0.1) is 5.92 Å². The van der Waals surface area contributed by atoms with Gasteiger partial charge in [-0.05, 0) is 43.5 Å². The number of carboxylic acid groups (broad SMARTS) is 1. The van der Waals surface area contributed by atoms with Gasteiger partial charge in [0, 0.05) is 5.92 Å². The van der Waals surface area contributed by atoms with Crippen molar-refractivity contribution in [2.24, 2.45) is 5.92 Å². The normalized spacial score (nSPS) is 14.5. The number of carboxylic acids is 1. The third-order valence-corrected chi connectivity index (χ3v) is 7.48. The van der Waals surface area contributed by atoms with Crippen molar-refractivity contribution in [3.8, 4) is 11.5 Å². The van der Waals surface area contributed by atoms with E-state index in [0.717, 1.165) is 5.56 Å². The molecule has 9 nitrogen and oxygen atoms in total. The summed E-state index contributed by atoms with van der Waals surface area (Å²) < 4.78 is 35.1. The van der Waals surface area contributed by atoms with E-state index < -0.39 is 32.1 Å². The maximum Gasteiger partial charge on any atom is 0.331 e. The molecule has 0 aromatic heterocycles. The lowest BCUT2D eigenvalue weighted by molar-refractivity contribution is -0.136. The lowest BCUT2D eigenvalue weighted by Gasteiger charge is -2.26. The fourth-order valence-electron chi connectivity index (χ4n) is 3.87. The summed E-state index contributed by atoms with van der Waals surface area (Å²) in [5.41, 5.74) is 1.40. The number of rotatable bonds is 14. The Labute approximate surface area is 198 Å². The maximum atomic E-state index is 13.8. The Balaban J connectivity index is 1.94. The number of aliphatic carboxylic acids is 1. The van der Waals surface area contributed by atoms with Gasteiger partial charge in [0.05, 0.1) is 32.0 Å². The van der Waals surface area contributed by atoms with Crippen LogP contribution in [-0.4, -0.2) is 49.6 Å². The van der Waals surface area contributed by atoms with Crippen molar-refractivity contribution in [1.82, 2.24) is 5.32 Å². The molecule has 1 heterocycles. The second-order valence-electron chi connectivity index (χ2n) is 7.74. The van der Waals surface area contributed by atoms with Gasteiger partial charge in [0.1, 0.15) is 0 Å². The molecule has 0 fully saturated rings. The number of ether oxygens (including phenoxy) is 2. The van der Waals surface area contributed by atoms with E-state index in [9.17, 15) is 19.3 Å². The molecule has 2 unspecified atom stereocenters. The van der Waals surface area contributed by atoms with Gasteiger partial charge in [0.2, 0.25) is 6.79 Å². The number of ketones is 1. The largest absolute Gasteiger partial charge is 0.480 e. The molecule has 0 radical (unpaired) electrons. The van der Waals surface area contributed by atoms with Gasteiger partial charge in [0.15, 0.2) is 17.3 Å². The number of carbonyl (C=O) groups excluding carboxylic acids is 1. The van der Waals surface area contributed by atoms with Crippen LogP contribution in [0.1, 0.15) is 31.0 Å². The van der Waals surface area contributed by atoms with Crippen LogP contribution in [0.15, 0.2) is 48.5 Å². The third-order valence-electron chi connectivity index (χ3n) is 5.29. The average molecular weight is 491 g/mol. The predicted octanol–water partition coefficient (Wildman–Crippen LogP) is 3.82. The van der Waals surface area contributed by atoms with Gasteiger partial charge in [-0.25, -0.2) is 0 Å². The molecular weight excluding hydrogens is 461 g/mol. The zero-order valence-electron chi connectivity index (χ0n) is 19.3. The van der Waals surface area contributed by atoms with Crippen molar-refractivity contribution in [2.75, 3.05) is 32.7 Å².